The molecule has 0 aromatic heterocycles. The van der Waals surface area contributed by atoms with E-state index in [1.165, 1.54) is 0 Å². The summed E-state index contributed by atoms with van der Waals surface area (Å²) in [6, 6.07) is 0. The van der Waals surface area contributed by atoms with Crippen LogP contribution in [0.25, 0.3) is 0 Å². The van der Waals surface area contributed by atoms with E-state index in [9.17, 15) is 0 Å². The van der Waals surface area contributed by atoms with E-state index in [2.05, 4.69) is 13.8 Å². The van der Waals surface area contributed by atoms with E-state index >= 15 is 0 Å². The molecule has 0 atom stereocenters. The Labute approximate surface area is 74.7 Å². The smallest absolute Gasteiger partial charge is 1.00 e. The van der Waals surface area contributed by atoms with Gasteiger partial charge in [0.15, 0.2) is 0 Å². The van der Waals surface area contributed by atoms with E-state index in [4.69, 9.17) is 0 Å². The first kappa shape index (κ1) is 15.7. The third-order valence-electron chi connectivity index (χ3n) is 0.167. The molecule has 0 saturated carbocycles. The molecular weight excluding hydrogens is 96.7 g/mol. The summed E-state index contributed by atoms with van der Waals surface area (Å²) in [7, 11) is 0. The van der Waals surface area contributed by atoms with Gasteiger partial charge in [-0.25, -0.2) is 0 Å². The Kier molecular flexibility index (Phi) is 43.7. The zero-order valence-corrected chi connectivity index (χ0v) is 6.81. The van der Waals surface area contributed by atoms with Crippen LogP contribution in [-0.2, 0) is 0 Å². The van der Waals surface area contributed by atoms with Gasteiger partial charge >= 0.3 is 46.1 Å². The van der Waals surface area contributed by atoms with Crippen molar-refractivity contribution in [1.29, 1.82) is 0 Å². The Balaban J connectivity index is -0.00000000750. The van der Waals surface area contributed by atoms with Gasteiger partial charge in [-0.1, -0.05) is 0 Å². The molecule has 0 aromatic rings. The predicted octanol–water partition coefficient (Wildman–Crippen LogP) is 0.674. The van der Waals surface area contributed by atoms with Crippen molar-refractivity contribution in [3.8, 4) is 0 Å². The molecule has 0 aliphatic rings. The summed E-state index contributed by atoms with van der Waals surface area (Å²) in [4.78, 5) is 0. The maximum atomic E-state index is 3.36. The minimum Gasteiger partial charge on any atom is -1.00 e. The Morgan fingerprint density at radius 2 is 1.17 bits per heavy atom. The fourth-order valence-corrected chi connectivity index (χ4v) is 0. The summed E-state index contributed by atoms with van der Waals surface area (Å²) in [6.45, 7) is 6.72. The predicted molar refractivity (Wildman–Crippen MR) is 33.6 cm³/mol. The van der Waals surface area contributed by atoms with Gasteiger partial charge in [0.2, 0.25) is 0 Å². The average molecular weight is 105 g/mol. The monoisotopic (exact) mass is 104 g/mol. The van der Waals surface area contributed by atoms with Crippen molar-refractivity contribution in [2.24, 2.45) is 0 Å². The summed E-state index contributed by atoms with van der Waals surface area (Å²) in [6.07, 6.45) is 3.28. The second-order valence-corrected chi connectivity index (χ2v) is 0.471. The van der Waals surface area contributed by atoms with Gasteiger partial charge in [0.25, 0.3) is 0 Å². The number of rotatable bonds is 0. The zero-order valence-electron chi connectivity index (χ0n) is 5.98. The number of allylic oxidation sites excluding steroid dienone is 2. The zero-order chi connectivity index (χ0) is 3.41. The Hall–Kier alpha value is 1.01. The minimum absolute atomic E-state index is 0. The van der Waals surface area contributed by atoms with Crippen LogP contribution in [0.15, 0.2) is 12.2 Å². The maximum Gasteiger partial charge on any atom is 2.00 e. The van der Waals surface area contributed by atoms with Crippen molar-refractivity contribution >= 4 is 46.1 Å². The number of hydrogen-bond donors (Lipinski definition) is 0. The average Bonchev–Trinajstić information content (AvgIpc) is 1.37. The van der Waals surface area contributed by atoms with Crippen LogP contribution < -0.4 is 0 Å². The number of hydrogen-bond acceptors (Lipinski definition) is 0. The molecule has 0 heterocycles. The van der Waals surface area contributed by atoms with Gasteiger partial charge in [0, 0.05) is 0 Å². The van der Waals surface area contributed by atoms with Crippen LogP contribution in [0.1, 0.15) is 2.85 Å². The van der Waals surface area contributed by atoms with E-state index in [0.717, 1.165) is 0 Å². The maximum absolute atomic E-state index is 3.36. The van der Waals surface area contributed by atoms with Crippen LogP contribution in [0.5, 0.6) is 0 Å². The quantitative estimate of drug-likeness (QED) is 0.313. The van der Waals surface area contributed by atoms with Crippen LogP contribution in [0.3, 0.4) is 0 Å². The first-order chi connectivity index (χ1) is 1.91. The Bertz CT molecular complexity index is 27.2. The molecular formula is C4H8Mg2. The molecule has 0 nitrogen and oxygen atoms in total. The van der Waals surface area contributed by atoms with Crippen LogP contribution in [0.4, 0.5) is 0 Å². The third-order valence-corrected chi connectivity index (χ3v) is 0.167. The van der Waals surface area contributed by atoms with Gasteiger partial charge in [-0.05, 0) is 0 Å². The SMILES string of the molecule is [CH2-]C=C[CH2-].[H-].[H-].[Mg+2].[Mg+2]. The van der Waals surface area contributed by atoms with Gasteiger partial charge in [-0.2, -0.15) is 0 Å². The van der Waals surface area contributed by atoms with E-state index < -0.39 is 0 Å². The second-order valence-electron chi connectivity index (χ2n) is 0.471. The van der Waals surface area contributed by atoms with Crippen LogP contribution >= 0.6 is 0 Å². The molecule has 28 valence electrons. The topological polar surface area (TPSA) is 0 Å². The van der Waals surface area contributed by atoms with Crippen molar-refractivity contribution in [2.45, 2.75) is 0 Å². The summed E-state index contributed by atoms with van der Waals surface area (Å²) >= 11 is 0. The fourth-order valence-electron chi connectivity index (χ4n) is 0. The third kappa shape index (κ3) is 19.9. The first-order valence-electron chi connectivity index (χ1n) is 1.15. The molecule has 0 aliphatic carbocycles. The molecule has 0 N–H and O–H groups in total. The Morgan fingerprint density at radius 3 is 1.17 bits per heavy atom. The molecule has 0 fully saturated rings. The van der Waals surface area contributed by atoms with Crippen molar-refractivity contribution in [3.63, 3.8) is 0 Å². The van der Waals surface area contributed by atoms with Crippen molar-refractivity contribution < 1.29 is 2.85 Å². The molecule has 0 rings (SSSR count). The molecule has 0 amide bonds. The molecule has 0 aromatic carbocycles. The van der Waals surface area contributed by atoms with Crippen LogP contribution in [-0.4, -0.2) is 46.1 Å². The van der Waals surface area contributed by atoms with Gasteiger partial charge in [-0.3, -0.25) is 0 Å². The first-order valence-corrected chi connectivity index (χ1v) is 1.15. The van der Waals surface area contributed by atoms with E-state index in [-0.39, 0.29) is 49.0 Å². The molecule has 2 heteroatoms. The summed E-state index contributed by atoms with van der Waals surface area (Å²) in [5.41, 5.74) is 0. The second kappa shape index (κ2) is 16.6. The van der Waals surface area contributed by atoms with Gasteiger partial charge in [0.05, 0.1) is 0 Å². The van der Waals surface area contributed by atoms with E-state index in [1.54, 1.807) is 12.2 Å². The van der Waals surface area contributed by atoms with Crippen molar-refractivity contribution in [3.05, 3.63) is 26.0 Å². The molecule has 0 radical (unpaired) electrons. The molecule has 0 saturated heterocycles. The van der Waals surface area contributed by atoms with E-state index in [0.29, 0.717) is 0 Å². The van der Waals surface area contributed by atoms with Gasteiger partial charge in [-0.15, -0.1) is 0 Å². The van der Waals surface area contributed by atoms with Gasteiger partial charge in [0.1, 0.15) is 0 Å². The minimum atomic E-state index is 0. The van der Waals surface area contributed by atoms with Crippen molar-refractivity contribution in [1.82, 2.24) is 0 Å². The Morgan fingerprint density at radius 1 is 1.00 bits per heavy atom. The molecule has 0 unspecified atom stereocenters. The molecule has 0 spiro atoms. The molecule has 0 aliphatic heterocycles. The standard InChI is InChI=1S/C4H6.2Mg.2H/c1-3-4-2;;;;/h3-4H,1-2H2;;;;/q-2;2*+2;2*-1. The molecule has 6 heavy (non-hydrogen) atoms. The van der Waals surface area contributed by atoms with Crippen LogP contribution in [0.2, 0.25) is 0 Å². The van der Waals surface area contributed by atoms with Gasteiger partial charge < -0.3 is 28.9 Å². The molecule has 0 bridgehead atoms. The summed E-state index contributed by atoms with van der Waals surface area (Å²) in [5.74, 6) is 0. The van der Waals surface area contributed by atoms with E-state index in [1.807, 2.05) is 0 Å². The fraction of sp³-hybridized carbons (Fsp3) is 0. The largest absolute Gasteiger partial charge is 2.00 e. The summed E-state index contributed by atoms with van der Waals surface area (Å²) < 4.78 is 0. The normalized spacial score (nSPS) is 6.00. The summed E-state index contributed by atoms with van der Waals surface area (Å²) in [5, 5.41) is 0. The van der Waals surface area contributed by atoms with Crippen molar-refractivity contribution in [2.75, 3.05) is 0 Å². The van der Waals surface area contributed by atoms with Crippen LogP contribution in [0, 0.1) is 13.8 Å².